The maximum Gasteiger partial charge on any atom is 0.0650 e. The fourth-order valence-corrected chi connectivity index (χ4v) is 2.23. The summed E-state index contributed by atoms with van der Waals surface area (Å²) < 4.78 is 0. The van der Waals surface area contributed by atoms with Gasteiger partial charge in [-0.1, -0.05) is 20.3 Å². The average molecular weight is 142 g/mol. The Balaban J connectivity index is 2.59. The van der Waals surface area contributed by atoms with E-state index in [0.29, 0.717) is 11.8 Å². The molecule has 10 heavy (non-hydrogen) atoms. The maximum absolute atomic E-state index is 9.82. The van der Waals surface area contributed by atoms with Crippen molar-refractivity contribution in [2.75, 3.05) is 0 Å². The van der Waals surface area contributed by atoms with Crippen molar-refractivity contribution in [2.24, 2.45) is 11.8 Å². The molecule has 0 radical (unpaired) electrons. The molecule has 2 atom stereocenters. The van der Waals surface area contributed by atoms with Crippen LogP contribution in [0.4, 0.5) is 0 Å². The van der Waals surface area contributed by atoms with Crippen molar-refractivity contribution in [1.82, 2.24) is 0 Å². The molecule has 0 aromatic rings. The molecule has 0 spiro atoms. The Morgan fingerprint density at radius 3 is 2.30 bits per heavy atom. The molecular formula is C9H18O. The van der Waals surface area contributed by atoms with Gasteiger partial charge in [-0.05, 0) is 31.6 Å². The summed E-state index contributed by atoms with van der Waals surface area (Å²) in [5.74, 6) is 1.17. The van der Waals surface area contributed by atoms with Gasteiger partial charge < -0.3 is 5.11 Å². The summed E-state index contributed by atoms with van der Waals surface area (Å²) in [6, 6.07) is 0. The molecule has 0 aliphatic heterocycles. The van der Waals surface area contributed by atoms with Crippen molar-refractivity contribution >= 4 is 0 Å². The van der Waals surface area contributed by atoms with Gasteiger partial charge in [-0.3, -0.25) is 0 Å². The van der Waals surface area contributed by atoms with Crippen LogP contribution >= 0.6 is 0 Å². The molecule has 0 bridgehead atoms. The number of hydrogen-bond donors (Lipinski definition) is 1. The van der Waals surface area contributed by atoms with Crippen LogP contribution in [0.1, 0.15) is 40.0 Å². The van der Waals surface area contributed by atoms with E-state index in [1.807, 2.05) is 6.92 Å². The Bertz CT molecular complexity index is 116. The van der Waals surface area contributed by atoms with Crippen LogP contribution in [-0.4, -0.2) is 10.7 Å². The predicted molar refractivity (Wildman–Crippen MR) is 42.8 cm³/mol. The first-order chi connectivity index (χ1) is 4.54. The van der Waals surface area contributed by atoms with E-state index in [4.69, 9.17) is 0 Å². The maximum atomic E-state index is 9.82. The largest absolute Gasteiger partial charge is 0.390 e. The SMILES string of the molecule is CC(C)[C@@H]1CCC[C@]1(C)O. The number of hydrogen-bond acceptors (Lipinski definition) is 1. The van der Waals surface area contributed by atoms with E-state index in [2.05, 4.69) is 13.8 Å². The highest BCUT2D eigenvalue weighted by Gasteiger charge is 2.37. The van der Waals surface area contributed by atoms with Gasteiger partial charge in [-0.2, -0.15) is 0 Å². The summed E-state index contributed by atoms with van der Waals surface area (Å²) in [4.78, 5) is 0. The monoisotopic (exact) mass is 142 g/mol. The van der Waals surface area contributed by atoms with Gasteiger partial charge in [-0.25, -0.2) is 0 Å². The minimum atomic E-state index is -0.367. The minimum Gasteiger partial charge on any atom is -0.390 e. The molecule has 1 saturated carbocycles. The molecule has 1 heteroatoms. The molecule has 0 aromatic carbocycles. The van der Waals surface area contributed by atoms with Crippen LogP contribution in [0.2, 0.25) is 0 Å². The lowest BCUT2D eigenvalue weighted by molar-refractivity contribution is 0.00296. The highest BCUT2D eigenvalue weighted by molar-refractivity contribution is 4.89. The van der Waals surface area contributed by atoms with Crippen LogP contribution in [-0.2, 0) is 0 Å². The van der Waals surface area contributed by atoms with Gasteiger partial charge in [0.25, 0.3) is 0 Å². The summed E-state index contributed by atoms with van der Waals surface area (Å²) in [5, 5.41) is 9.82. The van der Waals surface area contributed by atoms with E-state index >= 15 is 0 Å². The van der Waals surface area contributed by atoms with Crippen molar-refractivity contribution in [3.8, 4) is 0 Å². The van der Waals surface area contributed by atoms with Gasteiger partial charge in [0.2, 0.25) is 0 Å². The molecule has 1 aliphatic carbocycles. The first-order valence-corrected chi connectivity index (χ1v) is 4.26. The highest BCUT2D eigenvalue weighted by atomic mass is 16.3. The van der Waals surface area contributed by atoms with Crippen molar-refractivity contribution < 1.29 is 5.11 Å². The van der Waals surface area contributed by atoms with E-state index in [-0.39, 0.29) is 5.60 Å². The molecule has 0 unspecified atom stereocenters. The minimum absolute atomic E-state index is 0.367. The highest BCUT2D eigenvalue weighted by Crippen LogP contribution is 2.39. The van der Waals surface area contributed by atoms with E-state index in [0.717, 1.165) is 6.42 Å². The van der Waals surface area contributed by atoms with Gasteiger partial charge in [-0.15, -0.1) is 0 Å². The molecular weight excluding hydrogens is 124 g/mol. The lowest BCUT2D eigenvalue weighted by Gasteiger charge is -2.28. The second kappa shape index (κ2) is 2.54. The summed E-state index contributed by atoms with van der Waals surface area (Å²) in [7, 11) is 0. The van der Waals surface area contributed by atoms with Gasteiger partial charge in [0, 0.05) is 0 Å². The van der Waals surface area contributed by atoms with E-state index < -0.39 is 0 Å². The van der Waals surface area contributed by atoms with Gasteiger partial charge in [0.05, 0.1) is 5.60 Å². The van der Waals surface area contributed by atoms with Crippen molar-refractivity contribution in [3.63, 3.8) is 0 Å². The Hall–Kier alpha value is -0.0400. The Morgan fingerprint density at radius 1 is 1.50 bits per heavy atom. The second-order valence-corrected chi connectivity index (χ2v) is 4.10. The molecule has 1 rings (SSSR count). The zero-order valence-corrected chi connectivity index (χ0v) is 7.22. The summed E-state index contributed by atoms with van der Waals surface area (Å²) in [6.45, 7) is 6.37. The van der Waals surface area contributed by atoms with E-state index in [1.54, 1.807) is 0 Å². The fourth-order valence-electron chi connectivity index (χ4n) is 2.23. The molecule has 1 aliphatic rings. The zero-order chi connectivity index (χ0) is 7.78. The van der Waals surface area contributed by atoms with Crippen molar-refractivity contribution in [2.45, 2.75) is 45.6 Å². The van der Waals surface area contributed by atoms with Crippen LogP contribution in [0.15, 0.2) is 0 Å². The zero-order valence-electron chi connectivity index (χ0n) is 7.22. The predicted octanol–water partition coefficient (Wildman–Crippen LogP) is 2.19. The average Bonchev–Trinajstić information content (AvgIpc) is 2.08. The number of aliphatic hydroxyl groups is 1. The van der Waals surface area contributed by atoms with Gasteiger partial charge >= 0.3 is 0 Å². The summed E-state index contributed by atoms with van der Waals surface area (Å²) in [6.07, 6.45) is 3.41. The van der Waals surface area contributed by atoms with Crippen molar-refractivity contribution in [1.29, 1.82) is 0 Å². The molecule has 60 valence electrons. The topological polar surface area (TPSA) is 20.2 Å². The Morgan fingerprint density at radius 2 is 2.10 bits per heavy atom. The Labute approximate surface area is 63.4 Å². The van der Waals surface area contributed by atoms with Crippen molar-refractivity contribution in [3.05, 3.63) is 0 Å². The van der Waals surface area contributed by atoms with Crippen LogP contribution < -0.4 is 0 Å². The van der Waals surface area contributed by atoms with E-state index in [1.165, 1.54) is 12.8 Å². The lowest BCUT2D eigenvalue weighted by Crippen LogP contribution is -2.32. The molecule has 0 amide bonds. The molecule has 0 aromatic heterocycles. The second-order valence-electron chi connectivity index (χ2n) is 4.10. The van der Waals surface area contributed by atoms with Crippen LogP contribution in [0, 0.1) is 11.8 Å². The summed E-state index contributed by atoms with van der Waals surface area (Å²) >= 11 is 0. The summed E-state index contributed by atoms with van der Waals surface area (Å²) in [5.41, 5.74) is -0.367. The molecule has 1 fully saturated rings. The third-order valence-electron chi connectivity index (χ3n) is 2.80. The van der Waals surface area contributed by atoms with Gasteiger partial charge in [0.15, 0.2) is 0 Å². The first kappa shape index (κ1) is 8.06. The normalized spacial score (nSPS) is 41.1. The number of rotatable bonds is 1. The third-order valence-corrected chi connectivity index (χ3v) is 2.80. The third kappa shape index (κ3) is 1.34. The van der Waals surface area contributed by atoms with Crippen LogP contribution in [0.25, 0.3) is 0 Å². The standard InChI is InChI=1S/C9H18O/c1-7(2)8-5-4-6-9(8,3)10/h7-8,10H,4-6H2,1-3H3/t8-,9-/m0/s1. The van der Waals surface area contributed by atoms with Gasteiger partial charge in [0.1, 0.15) is 0 Å². The molecule has 1 N–H and O–H groups in total. The van der Waals surface area contributed by atoms with Crippen LogP contribution in [0.5, 0.6) is 0 Å². The first-order valence-electron chi connectivity index (χ1n) is 4.26. The smallest absolute Gasteiger partial charge is 0.0650 e. The van der Waals surface area contributed by atoms with Crippen LogP contribution in [0.3, 0.4) is 0 Å². The fraction of sp³-hybridized carbons (Fsp3) is 1.00. The molecule has 0 heterocycles. The quantitative estimate of drug-likeness (QED) is 0.595. The van der Waals surface area contributed by atoms with E-state index in [9.17, 15) is 5.11 Å². The Kier molecular flexibility index (Phi) is 2.04. The molecule has 1 nitrogen and oxygen atoms in total. The lowest BCUT2D eigenvalue weighted by atomic mass is 9.84. The molecule has 0 saturated heterocycles.